The van der Waals surface area contributed by atoms with Gasteiger partial charge in [-0.05, 0) is 90.2 Å². The average molecular weight is 582 g/mol. The van der Waals surface area contributed by atoms with Gasteiger partial charge in [-0.25, -0.2) is 0 Å². The molecule has 4 aliphatic heterocycles. The van der Waals surface area contributed by atoms with Crippen molar-refractivity contribution in [3.8, 4) is 46.0 Å². The molecule has 0 spiro atoms. The van der Waals surface area contributed by atoms with Gasteiger partial charge in [-0.15, -0.1) is 0 Å². The second-order valence-corrected chi connectivity index (χ2v) is 12.2. The zero-order valence-corrected chi connectivity index (χ0v) is 24.9. The van der Waals surface area contributed by atoms with Crippen LogP contribution in [0, 0.1) is 0 Å². The van der Waals surface area contributed by atoms with Gasteiger partial charge >= 0.3 is 0 Å². The molecule has 8 nitrogen and oxygen atoms in total. The van der Waals surface area contributed by atoms with Crippen molar-refractivity contribution < 1.29 is 33.6 Å². The first kappa shape index (κ1) is 27.4. The second-order valence-electron chi connectivity index (χ2n) is 12.2. The molecule has 222 valence electrons. The van der Waals surface area contributed by atoms with Gasteiger partial charge in [0, 0.05) is 18.0 Å². The fourth-order valence-electron chi connectivity index (χ4n) is 6.94. The maximum absolute atomic E-state index is 11.5. The quantitative estimate of drug-likeness (QED) is 0.244. The van der Waals surface area contributed by atoms with Crippen molar-refractivity contribution in [2.75, 3.05) is 41.4 Å². The smallest absolute Gasteiger partial charge is 0.201 e. The van der Waals surface area contributed by atoms with Crippen LogP contribution in [0.25, 0.3) is 0 Å². The highest BCUT2D eigenvalue weighted by Gasteiger charge is 2.42. The highest BCUT2D eigenvalue weighted by atomic mass is 16.5. The summed E-state index contributed by atoms with van der Waals surface area (Å²) in [6.07, 6.45) is 2.37. The Balaban J connectivity index is 1.49. The van der Waals surface area contributed by atoms with Crippen LogP contribution in [0.4, 0.5) is 0 Å². The lowest BCUT2D eigenvalue weighted by Gasteiger charge is -2.43. The average Bonchev–Trinajstić information content (AvgIpc) is 2.99. The molecule has 2 atom stereocenters. The second kappa shape index (κ2) is 10.4. The van der Waals surface area contributed by atoms with E-state index >= 15 is 0 Å². The largest absolute Gasteiger partial charge is 0.504 e. The highest BCUT2D eigenvalue weighted by molar-refractivity contribution is 5.63. The van der Waals surface area contributed by atoms with Gasteiger partial charge in [-0.1, -0.05) is 12.1 Å². The molecule has 1 unspecified atom stereocenters. The number of hydrogen-bond acceptors (Lipinski definition) is 7. The molecule has 4 aromatic rings. The summed E-state index contributed by atoms with van der Waals surface area (Å²) in [7, 11) is 7.54. The third-order valence-corrected chi connectivity index (χ3v) is 9.18. The Labute approximate surface area is 251 Å². The van der Waals surface area contributed by atoms with Crippen LogP contribution in [0.1, 0.15) is 45.5 Å². The molecule has 0 aromatic heterocycles. The normalized spacial score (nSPS) is 19.8. The first-order valence-electron chi connectivity index (χ1n) is 14.7. The van der Waals surface area contributed by atoms with Crippen molar-refractivity contribution in [3.05, 3.63) is 94.0 Å². The van der Waals surface area contributed by atoms with Gasteiger partial charge in [0.05, 0.1) is 40.4 Å². The van der Waals surface area contributed by atoms with E-state index in [1.54, 1.807) is 14.2 Å². The van der Waals surface area contributed by atoms with Gasteiger partial charge in [0.25, 0.3) is 0 Å². The fourth-order valence-corrected chi connectivity index (χ4v) is 6.94. The van der Waals surface area contributed by atoms with Crippen molar-refractivity contribution in [2.45, 2.75) is 31.3 Å². The molecular weight excluding hydrogens is 544 g/mol. The van der Waals surface area contributed by atoms with Crippen LogP contribution >= 0.6 is 0 Å². The maximum Gasteiger partial charge on any atom is 0.201 e. The summed E-state index contributed by atoms with van der Waals surface area (Å²) in [6, 6.07) is 19.5. The van der Waals surface area contributed by atoms with E-state index < -0.39 is 0 Å². The molecule has 0 saturated heterocycles. The van der Waals surface area contributed by atoms with Crippen LogP contribution in [0.3, 0.4) is 0 Å². The zero-order chi connectivity index (χ0) is 29.9. The lowest BCUT2D eigenvalue weighted by atomic mass is 9.85. The lowest BCUT2D eigenvalue weighted by molar-refractivity contribution is -0.917. The van der Waals surface area contributed by atoms with Crippen LogP contribution < -0.4 is 24.3 Å². The molecule has 8 rings (SSSR count). The van der Waals surface area contributed by atoms with Gasteiger partial charge in [-0.3, -0.25) is 0 Å². The molecule has 4 aromatic carbocycles. The summed E-state index contributed by atoms with van der Waals surface area (Å²) in [4.78, 5) is 0. The van der Waals surface area contributed by atoms with Crippen molar-refractivity contribution in [1.29, 1.82) is 0 Å². The van der Waals surface area contributed by atoms with Crippen LogP contribution in [0.2, 0.25) is 0 Å². The molecular formula is C35H37N2O6+. The number of nitrogens with zero attached hydrogens (tertiary/aromatic N) is 1. The number of likely N-dealkylation sites (N-methyl/N-ethyl adjacent to an activating group) is 1. The SMILES string of the molecule is COc1ccc2cc1Oc1cc3c(cc1O)CCN[C@H]3Cc1ccc(cc1)Oc1c(O)c(OC)cc3c1C2[N+](C)(C)CC3. The van der Waals surface area contributed by atoms with Crippen LogP contribution in [0.15, 0.2) is 60.7 Å². The number of phenolic OH excluding ortho intramolecular Hbond substituents is 2. The predicted molar refractivity (Wildman–Crippen MR) is 163 cm³/mol. The zero-order valence-electron chi connectivity index (χ0n) is 24.9. The number of quaternary nitrogens is 1. The summed E-state index contributed by atoms with van der Waals surface area (Å²) < 4.78 is 25.0. The van der Waals surface area contributed by atoms with E-state index in [2.05, 4.69) is 31.5 Å². The summed E-state index contributed by atoms with van der Waals surface area (Å²) in [5, 5.41) is 26.2. The van der Waals surface area contributed by atoms with E-state index in [9.17, 15) is 10.2 Å². The van der Waals surface area contributed by atoms with Crippen molar-refractivity contribution >= 4 is 0 Å². The van der Waals surface area contributed by atoms with Crippen molar-refractivity contribution in [1.82, 2.24) is 5.32 Å². The number of ether oxygens (including phenoxy) is 4. The fraction of sp³-hybridized carbons (Fsp3) is 0.314. The molecule has 0 fully saturated rings. The Hall–Kier alpha value is -4.40. The van der Waals surface area contributed by atoms with E-state index in [1.165, 1.54) is 0 Å². The molecule has 0 saturated carbocycles. The number of rotatable bonds is 2. The minimum Gasteiger partial charge on any atom is -0.504 e. The van der Waals surface area contributed by atoms with Gasteiger partial charge in [-0.2, -0.15) is 0 Å². The number of phenols is 2. The Morgan fingerprint density at radius 1 is 0.837 bits per heavy atom. The molecule has 0 aliphatic carbocycles. The van der Waals surface area contributed by atoms with Crippen LogP contribution in [-0.4, -0.2) is 56.1 Å². The molecule has 8 heteroatoms. The van der Waals surface area contributed by atoms with Gasteiger partial charge in [0.2, 0.25) is 5.75 Å². The molecule has 4 heterocycles. The topological polar surface area (TPSA) is 89.4 Å². The highest BCUT2D eigenvalue weighted by Crippen LogP contribution is 2.52. The summed E-state index contributed by atoms with van der Waals surface area (Å²) >= 11 is 0. The minimum absolute atomic E-state index is 0.0278. The van der Waals surface area contributed by atoms with E-state index in [1.807, 2.05) is 48.5 Å². The molecule has 4 aliphatic rings. The van der Waals surface area contributed by atoms with E-state index in [-0.39, 0.29) is 23.6 Å². The predicted octanol–water partition coefficient (Wildman–Crippen LogP) is 6.16. The summed E-state index contributed by atoms with van der Waals surface area (Å²) in [6.45, 7) is 1.69. The number of hydrogen-bond donors (Lipinski definition) is 3. The van der Waals surface area contributed by atoms with Gasteiger partial charge in [0.15, 0.2) is 34.5 Å². The summed E-state index contributed by atoms with van der Waals surface area (Å²) in [5.74, 6) is 2.92. The van der Waals surface area contributed by atoms with E-state index in [4.69, 9.17) is 18.9 Å². The van der Waals surface area contributed by atoms with E-state index in [0.29, 0.717) is 39.0 Å². The summed E-state index contributed by atoms with van der Waals surface area (Å²) in [5.41, 5.74) is 6.29. The first-order valence-corrected chi connectivity index (χ1v) is 14.7. The standard InChI is InChI=1S/C35H36N2O6/c1-37(2)14-12-22-17-31(41-4)34(39)35-32(22)33(37)23-7-10-28(40-3)30(18-23)43-29-19-25-21(16-27(29)38)11-13-36-26(25)15-20-5-8-24(42-35)9-6-20/h5-10,16-19,26,33,36H,11-15H2,1-4H3,(H-,38,39)/p+1/t26-,33?/m0/s1. The molecule has 43 heavy (non-hydrogen) atoms. The number of aromatic hydroxyl groups is 2. The number of benzene rings is 4. The maximum atomic E-state index is 11.5. The Morgan fingerprint density at radius 2 is 1.63 bits per heavy atom. The van der Waals surface area contributed by atoms with Crippen molar-refractivity contribution in [2.24, 2.45) is 0 Å². The minimum atomic E-state index is -0.204. The third kappa shape index (κ3) is 4.71. The third-order valence-electron chi connectivity index (χ3n) is 9.18. The molecule has 0 radical (unpaired) electrons. The molecule has 6 bridgehead atoms. The van der Waals surface area contributed by atoms with E-state index in [0.717, 1.165) is 65.7 Å². The number of nitrogens with one attached hydrogen (secondary N) is 1. The van der Waals surface area contributed by atoms with Gasteiger partial charge < -0.3 is 39.0 Å². The number of fused-ring (bicyclic) bond motifs is 2. The van der Waals surface area contributed by atoms with Crippen molar-refractivity contribution in [3.63, 3.8) is 0 Å². The molecule has 3 N–H and O–H groups in total. The Kier molecular flexibility index (Phi) is 6.63. The molecule has 0 amide bonds. The monoisotopic (exact) mass is 581 g/mol. The first-order chi connectivity index (χ1) is 20.8. The van der Waals surface area contributed by atoms with Crippen LogP contribution in [0.5, 0.6) is 46.0 Å². The van der Waals surface area contributed by atoms with Gasteiger partial charge in [0.1, 0.15) is 11.8 Å². The number of methoxy groups -OCH3 is 2. The lowest BCUT2D eigenvalue weighted by Crippen LogP contribution is -2.48. The Morgan fingerprint density at radius 3 is 2.40 bits per heavy atom. The van der Waals surface area contributed by atoms with Crippen LogP contribution in [-0.2, 0) is 19.3 Å². The Bertz CT molecular complexity index is 1720.